The summed E-state index contributed by atoms with van der Waals surface area (Å²) in [4.78, 5) is 23.0. The molecule has 1 N–H and O–H groups in total. The standard InChI is InChI=1S/C16H14ClN3O3S/c1-11(24-15-8-4-13(17)5-9-15)16(21)19-18-10-12-2-6-14(7-3-12)20(22)23/h2-11H,1H3,(H,19,21). The van der Waals surface area contributed by atoms with Gasteiger partial charge in [-0.15, -0.1) is 11.8 Å². The first-order valence-electron chi connectivity index (χ1n) is 6.95. The van der Waals surface area contributed by atoms with Crippen LogP contribution in [0.1, 0.15) is 12.5 Å². The van der Waals surface area contributed by atoms with Crippen molar-refractivity contribution < 1.29 is 9.72 Å². The van der Waals surface area contributed by atoms with Gasteiger partial charge in [-0.05, 0) is 48.9 Å². The molecule has 0 aliphatic rings. The second kappa shape index (κ2) is 8.47. The molecule has 8 heteroatoms. The molecule has 2 rings (SSSR count). The summed E-state index contributed by atoms with van der Waals surface area (Å²) in [6.07, 6.45) is 1.43. The Morgan fingerprint density at radius 3 is 2.46 bits per heavy atom. The summed E-state index contributed by atoms with van der Waals surface area (Å²) in [5.74, 6) is -0.242. The van der Waals surface area contributed by atoms with E-state index in [2.05, 4.69) is 10.5 Å². The van der Waals surface area contributed by atoms with Crippen LogP contribution in [0.15, 0.2) is 58.5 Å². The third-order valence-corrected chi connectivity index (χ3v) is 4.35. The largest absolute Gasteiger partial charge is 0.272 e. The molecule has 0 saturated carbocycles. The van der Waals surface area contributed by atoms with Gasteiger partial charge in [0.25, 0.3) is 11.6 Å². The number of hydrazone groups is 1. The Balaban J connectivity index is 1.87. The number of hydrogen-bond donors (Lipinski definition) is 1. The summed E-state index contributed by atoms with van der Waals surface area (Å²) in [6, 6.07) is 13.1. The van der Waals surface area contributed by atoms with Crippen LogP contribution in [-0.2, 0) is 4.79 Å². The second-order valence-electron chi connectivity index (χ2n) is 4.80. The van der Waals surface area contributed by atoms with E-state index in [0.29, 0.717) is 10.6 Å². The molecule has 0 aliphatic carbocycles. The van der Waals surface area contributed by atoms with Crippen LogP contribution in [-0.4, -0.2) is 22.3 Å². The zero-order valence-electron chi connectivity index (χ0n) is 12.7. The first kappa shape index (κ1) is 18.0. The van der Waals surface area contributed by atoms with Gasteiger partial charge in [0.05, 0.1) is 16.4 Å². The fourth-order valence-corrected chi connectivity index (χ4v) is 2.70. The molecule has 6 nitrogen and oxygen atoms in total. The van der Waals surface area contributed by atoms with Gasteiger partial charge in [0.15, 0.2) is 0 Å². The van der Waals surface area contributed by atoms with Gasteiger partial charge in [-0.2, -0.15) is 5.10 Å². The normalized spacial score (nSPS) is 12.1. The summed E-state index contributed by atoms with van der Waals surface area (Å²) in [5, 5.41) is 14.7. The second-order valence-corrected chi connectivity index (χ2v) is 6.65. The number of nitrogens with one attached hydrogen (secondary N) is 1. The predicted molar refractivity (Wildman–Crippen MR) is 95.6 cm³/mol. The average molecular weight is 364 g/mol. The zero-order chi connectivity index (χ0) is 17.5. The highest BCUT2D eigenvalue weighted by Gasteiger charge is 2.13. The molecule has 1 atom stereocenters. The highest BCUT2D eigenvalue weighted by Crippen LogP contribution is 2.24. The van der Waals surface area contributed by atoms with E-state index >= 15 is 0 Å². The minimum absolute atomic E-state index is 0.00386. The van der Waals surface area contributed by atoms with Gasteiger partial charge in [-0.25, -0.2) is 5.43 Å². The Kier molecular flexibility index (Phi) is 6.34. The summed E-state index contributed by atoms with van der Waals surface area (Å²) >= 11 is 7.21. The fourth-order valence-electron chi connectivity index (χ4n) is 1.71. The SMILES string of the molecule is CC(Sc1ccc(Cl)cc1)C(=O)NN=Cc1ccc([N+](=O)[O-])cc1. The van der Waals surface area contributed by atoms with E-state index in [-0.39, 0.29) is 16.8 Å². The average Bonchev–Trinajstić information content (AvgIpc) is 2.57. The maximum Gasteiger partial charge on any atom is 0.269 e. The van der Waals surface area contributed by atoms with Crippen LogP contribution in [0.2, 0.25) is 5.02 Å². The molecule has 1 amide bonds. The van der Waals surface area contributed by atoms with Crippen molar-refractivity contribution in [3.8, 4) is 0 Å². The van der Waals surface area contributed by atoms with Crippen molar-refractivity contribution in [1.82, 2.24) is 5.43 Å². The van der Waals surface area contributed by atoms with Crippen LogP contribution < -0.4 is 5.43 Å². The summed E-state index contributed by atoms with van der Waals surface area (Å²) in [6.45, 7) is 1.77. The Hall–Kier alpha value is -2.38. The number of hydrogen-bond acceptors (Lipinski definition) is 5. The minimum Gasteiger partial charge on any atom is -0.272 e. The molecule has 0 saturated heterocycles. The molecule has 0 spiro atoms. The van der Waals surface area contributed by atoms with Crippen molar-refractivity contribution in [2.45, 2.75) is 17.1 Å². The molecule has 0 radical (unpaired) electrons. The smallest absolute Gasteiger partial charge is 0.269 e. The molecule has 0 fully saturated rings. The molecule has 0 aliphatic heterocycles. The molecule has 0 bridgehead atoms. The fraction of sp³-hybridized carbons (Fsp3) is 0.125. The molecule has 2 aromatic rings. The summed E-state index contributed by atoms with van der Waals surface area (Å²) in [7, 11) is 0. The van der Waals surface area contributed by atoms with Gasteiger partial charge in [0, 0.05) is 22.1 Å². The lowest BCUT2D eigenvalue weighted by atomic mass is 10.2. The Bertz CT molecular complexity index is 748. The van der Waals surface area contributed by atoms with E-state index in [1.165, 1.54) is 30.1 Å². The molecule has 124 valence electrons. The van der Waals surface area contributed by atoms with Gasteiger partial charge >= 0.3 is 0 Å². The van der Waals surface area contributed by atoms with Crippen molar-refractivity contribution in [2.75, 3.05) is 0 Å². The van der Waals surface area contributed by atoms with Crippen molar-refractivity contribution in [1.29, 1.82) is 0 Å². The Morgan fingerprint density at radius 2 is 1.88 bits per heavy atom. The van der Waals surface area contributed by atoms with Crippen molar-refractivity contribution >= 4 is 41.2 Å². The van der Waals surface area contributed by atoms with E-state index in [4.69, 9.17) is 11.6 Å². The Labute approximate surface area is 148 Å². The zero-order valence-corrected chi connectivity index (χ0v) is 14.3. The van der Waals surface area contributed by atoms with E-state index in [0.717, 1.165) is 4.90 Å². The molecule has 0 heterocycles. The number of nitro benzene ring substituents is 1. The van der Waals surface area contributed by atoms with Crippen LogP contribution in [0.4, 0.5) is 5.69 Å². The quantitative estimate of drug-likeness (QED) is 0.365. The van der Waals surface area contributed by atoms with Gasteiger partial charge in [-0.3, -0.25) is 14.9 Å². The molecular weight excluding hydrogens is 350 g/mol. The van der Waals surface area contributed by atoms with Gasteiger partial charge in [-0.1, -0.05) is 11.6 Å². The third kappa shape index (κ3) is 5.36. The van der Waals surface area contributed by atoms with E-state index in [1.807, 2.05) is 12.1 Å². The lowest BCUT2D eigenvalue weighted by Crippen LogP contribution is -2.26. The number of nitro groups is 1. The summed E-state index contributed by atoms with van der Waals surface area (Å²) < 4.78 is 0. The molecule has 2 aromatic carbocycles. The topological polar surface area (TPSA) is 84.6 Å². The molecule has 1 unspecified atom stereocenters. The maximum atomic E-state index is 12.0. The van der Waals surface area contributed by atoms with Crippen LogP contribution in [0.5, 0.6) is 0 Å². The number of carbonyl (C=O) groups is 1. The number of amides is 1. The van der Waals surface area contributed by atoms with Gasteiger partial charge < -0.3 is 0 Å². The molecule has 0 aromatic heterocycles. The third-order valence-electron chi connectivity index (χ3n) is 2.99. The highest BCUT2D eigenvalue weighted by molar-refractivity contribution is 8.00. The van der Waals surface area contributed by atoms with E-state index in [1.54, 1.807) is 31.2 Å². The van der Waals surface area contributed by atoms with Gasteiger partial charge in [0.2, 0.25) is 0 Å². The number of thioether (sulfide) groups is 1. The van der Waals surface area contributed by atoms with Crippen LogP contribution in [0, 0.1) is 10.1 Å². The lowest BCUT2D eigenvalue weighted by molar-refractivity contribution is -0.384. The predicted octanol–water partition coefficient (Wildman–Crippen LogP) is 3.88. The number of benzene rings is 2. The molecule has 24 heavy (non-hydrogen) atoms. The monoisotopic (exact) mass is 363 g/mol. The minimum atomic E-state index is -0.474. The number of non-ortho nitro benzene ring substituents is 1. The number of halogens is 1. The van der Waals surface area contributed by atoms with Gasteiger partial charge in [0.1, 0.15) is 0 Å². The highest BCUT2D eigenvalue weighted by atomic mass is 35.5. The number of carbonyl (C=O) groups excluding carboxylic acids is 1. The number of nitrogens with zero attached hydrogens (tertiary/aromatic N) is 2. The van der Waals surface area contributed by atoms with Crippen LogP contribution in [0.25, 0.3) is 0 Å². The van der Waals surface area contributed by atoms with Crippen LogP contribution >= 0.6 is 23.4 Å². The Morgan fingerprint density at radius 1 is 1.25 bits per heavy atom. The number of rotatable bonds is 6. The summed E-state index contributed by atoms with van der Waals surface area (Å²) in [5.41, 5.74) is 3.11. The lowest BCUT2D eigenvalue weighted by Gasteiger charge is -2.09. The van der Waals surface area contributed by atoms with Crippen molar-refractivity contribution in [2.24, 2.45) is 5.10 Å². The van der Waals surface area contributed by atoms with E-state index < -0.39 is 4.92 Å². The van der Waals surface area contributed by atoms with Crippen molar-refractivity contribution in [3.05, 3.63) is 69.2 Å². The van der Waals surface area contributed by atoms with Crippen molar-refractivity contribution in [3.63, 3.8) is 0 Å². The first-order valence-corrected chi connectivity index (χ1v) is 8.21. The van der Waals surface area contributed by atoms with E-state index in [9.17, 15) is 14.9 Å². The maximum absolute atomic E-state index is 12.0. The van der Waals surface area contributed by atoms with Crippen LogP contribution in [0.3, 0.4) is 0 Å². The first-order chi connectivity index (χ1) is 11.5. The molecular formula is C16H14ClN3O3S.